The second-order valence-corrected chi connectivity index (χ2v) is 4.87. The molecule has 0 heterocycles. The number of hydrogen-bond acceptors (Lipinski definition) is 3. The zero-order chi connectivity index (χ0) is 12.3. The summed E-state index contributed by atoms with van der Waals surface area (Å²) in [6, 6.07) is -0.823. The highest BCUT2D eigenvalue weighted by molar-refractivity contribution is 5.88. The molecule has 0 aromatic carbocycles. The molecule has 5 nitrogen and oxygen atoms in total. The molecular weight excluding hydrogens is 208 g/mol. The first-order valence-corrected chi connectivity index (χ1v) is 5.67. The van der Waals surface area contributed by atoms with Crippen molar-refractivity contribution in [1.29, 1.82) is 0 Å². The molecule has 16 heavy (non-hydrogen) atoms. The molecule has 4 N–H and O–H groups in total. The highest BCUT2D eigenvalue weighted by atomic mass is 16.4. The minimum atomic E-state index is -0.991. The third-order valence-corrected chi connectivity index (χ3v) is 3.40. The van der Waals surface area contributed by atoms with Crippen molar-refractivity contribution in [3.8, 4) is 0 Å². The van der Waals surface area contributed by atoms with E-state index in [4.69, 9.17) is 10.8 Å². The van der Waals surface area contributed by atoms with E-state index in [1.165, 1.54) is 0 Å². The van der Waals surface area contributed by atoms with Gasteiger partial charge in [0.2, 0.25) is 5.91 Å². The second kappa shape index (κ2) is 4.82. The minimum absolute atomic E-state index is 0.128. The predicted molar refractivity (Wildman–Crippen MR) is 59.7 cm³/mol. The van der Waals surface area contributed by atoms with Crippen molar-refractivity contribution in [2.24, 2.45) is 17.1 Å². The number of carboxylic acid groups (broad SMARTS) is 1. The fourth-order valence-corrected chi connectivity index (χ4v) is 1.94. The van der Waals surface area contributed by atoms with Crippen LogP contribution >= 0.6 is 0 Å². The van der Waals surface area contributed by atoms with Gasteiger partial charge in [-0.1, -0.05) is 20.3 Å². The molecule has 1 aliphatic carbocycles. The molecule has 0 aromatic rings. The summed E-state index contributed by atoms with van der Waals surface area (Å²) in [6.45, 7) is 3.84. The van der Waals surface area contributed by atoms with Crippen molar-refractivity contribution < 1.29 is 14.7 Å². The summed E-state index contributed by atoms with van der Waals surface area (Å²) in [5.74, 6) is -1.33. The third kappa shape index (κ3) is 2.35. The van der Waals surface area contributed by atoms with Crippen molar-refractivity contribution in [1.82, 2.24) is 5.32 Å². The standard InChI is InChI=1S/C11H20N2O3/c1-7(2)8(9(14)15)13-10(16)11(6-12)4-3-5-11/h7-8H,3-6,12H2,1-2H3,(H,13,16)(H,14,15). The van der Waals surface area contributed by atoms with Gasteiger partial charge in [0.1, 0.15) is 6.04 Å². The Morgan fingerprint density at radius 2 is 2.00 bits per heavy atom. The van der Waals surface area contributed by atoms with Crippen LogP contribution in [0.2, 0.25) is 0 Å². The average molecular weight is 228 g/mol. The normalized spacial score (nSPS) is 20.0. The monoisotopic (exact) mass is 228 g/mol. The average Bonchev–Trinajstić information content (AvgIpc) is 2.12. The molecule has 1 fully saturated rings. The highest BCUT2D eigenvalue weighted by Crippen LogP contribution is 2.40. The Morgan fingerprint density at radius 1 is 1.44 bits per heavy atom. The van der Waals surface area contributed by atoms with E-state index in [0.717, 1.165) is 19.3 Å². The molecule has 0 radical (unpaired) electrons. The van der Waals surface area contributed by atoms with Crippen molar-refractivity contribution in [2.75, 3.05) is 6.54 Å². The van der Waals surface area contributed by atoms with Gasteiger partial charge in [0, 0.05) is 6.54 Å². The Hall–Kier alpha value is -1.10. The molecule has 92 valence electrons. The Kier molecular flexibility index (Phi) is 3.91. The zero-order valence-electron chi connectivity index (χ0n) is 9.82. The van der Waals surface area contributed by atoms with Gasteiger partial charge in [-0.25, -0.2) is 4.79 Å². The number of rotatable bonds is 5. The van der Waals surface area contributed by atoms with Gasteiger partial charge in [-0.3, -0.25) is 4.79 Å². The van der Waals surface area contributed by atoms with Gasteiger partial charge in [-0.2, -0.15) is 0 Å². The maximum atomic E-state index is 11.9. The first-order chi connectivity index (χ1) is 7.43. The second-order valence-electron chi connectivity index (χ2n) is 4.87. The minimum Gasteiger partial charge on any atom is -0.480 e. The summed E-state index contributed by atoms with van der Waals surface area (Å²) >= 11 is 0. The number of hydrogen-bond donors (Lipinski definition) is 3. The van der Waals surface area contributed by atoms with E-state index in [-0.39, 0.29) is 11.8 Å². The number of nitrogens with one attached hydrogen (secondary N) is 1. The molecule has 0 aromatic heterocycles. The molecule has 0 aliphatic heterocycles. The van der Waals surface area contributed by atoms with Crippen LogP contribution in [0.5, 0.6) is 0 Å². The number of carboxylic acids is 1. The van der Waals surface area contributed by atoms with Crippen molar-refractivity contribution >= 4 is 11.9 Å². The zero-order valence-corrected chi connectivity index (χ0v) is 9.82. The van der Waals surface area contributed by atoms with Crippen molar-refractivity contribution in [3.05, 3.63) is 0 Å². The Morgan fingerprint density at radius 3 is 2.25 bits per heavy atom. The quantitative estimate of drug-likeness (QED) is 0.632. The molecule has 1 amide bonds. The fraction of sp³-hybridized carbons (Fsp3) is 0.818. The molecular formula is C11H20N2O3. The molecule has 1 atom stereocenters. The van der Waals surface area contributed by atoms with Crippen LogP contribution in [0.1, 0.15) is 33.1 Å². The lowest BCUT2D eigenvalue weighted by Gasteiger charge is -2.40. The lowest BCUT2D eigenvalue weighted by atomic mass is 9.68. The molecule has 0 saturated heterocycles. The van der Waals surface area contributed by atoms with Crippen LogP contribution in [0.4, 0.5) is 0 Å². The predicted octanol–water partition coefficient (Wildman–Crippen LogP) is 0.341. The molecule has 1 rings (SSSR count). The van der Waals surface area contributed by atoms with E-state index in [0.29, 0.717) is 6.54 Å². The van der Waals surface area contributed by atoms with Crippen molar-refractivity contribution in [2.45, 2.75) is 39.2 Å². The largest absolute Gasteiger partial charge is 0.480 e. The molecule has 5 heteroatoms. The Balaban J connectivity index is 2.65. The van der Waals surface area contributed by atoms with Crippen molar-refractivity contribution in [3.63, 3.8) is 0 Å². The van der Waals surface area contributed by atoms with Gasteiger partial charge < -0.3 is 16.2 Å². The van der Waals surface area contributed by atoms with E-state index >= 15 is 0 Å². The highest BCUT2D eigenvalue weighted by Gasteiger charge is 2.44. The van der Waals surface area contributed by atoms with Gasteiger partial charge >= 0.3 is 5.97 Å². The maximum Gasteiger partial charge on any atom is 0.326 e. The Labute approximate surface area is 95.4 Å². The van der Waals surface area contributed by atoms with Crippen LogP contribution < -0.4 is 11.1 Å². The Bertz CT molecular complexity index is 279. The van der Waals surface area contributed by atoms with Crippen LogP contribution in [0.15, 0.2) is 0 Å². The van der Waals surface area contributed by atoms with E-state index in [9.17, 15) is 9.59 Å². The van der Waals surface area contributed by atoms with Gasteiger partial charge in [0.05, 0.1) is 5.41 Å². The first-order valence-electron chi connectivity index (χ1n) is 5.67. The van der Waals surface area contributed by atoms with Crippen LogP contribution in [-0.2, 0) is 9.59 Å². The topological polar surface area (TPSA) is 92.4 Å². The van der Waals surface area contributed by atoms with Crippen LogP contribution in [-0.4, -0.2) is 29.6 Å². The fourth-order valence-electron chi connectivity index (χ4n) is 1.94. The van der Waals surface area contributed by atoms with Gasteiger partial charge in [0.25, 0.3) is 0 Å². The van der Waals surface area contributed by atoms with Crippen LogP contribution in [0.25, 0.3) is 0 Å². The first kappa shape index (κ1) is 13.0. The molecule has 1 unspecified atom stereocenters. The molecule has 1 saturated carbocycles. The summed E-state index contributed by atoms with van der Waals surface area (Å²) in [4.78, 5) is 22.9. The lowest BCUT2D eigenvalue weighted by molar-refractivity contribution is -0.146. The molecule has 0 spiro atoms. The number of amides is 1. The summed E-state index contributed by atoms with van der Waals surface area (Å²) in [6.07, 6.45) is 2.52. The van der Waals surface area contributed by atoms with Gasteiger partial charge in [-0.05, 0) is 18.8 Å². The third-order valence-electron chi connectivity index (χ3n) is 3.40. The number of aliphatic carboxylic acids is 1. The van der Waals surface area contributed by atoms with E-state index in [2.05, 4.69) is 5.32 Å². The SMILES string of the molecule is CC(C)C(NC(=O)C1(CN)CCC1)C(=O)O. The summed E-state index contributed by atoms with van der Waals surface area (Å²) in [5.41, 5.74) is 5.08. The summed E-state index contributed by atoms with van der Waals surface area (Å²) in [5, 5.41) is 11.6. The summed E-state index contributed by atoms with van der Waals surface area (Å²) < 4.78 is 0. The van der Waals surface area contributed by atoms with Crippen LogP contribution in [0, 0.1) is 11.3 Å². The van der Waals surface area contributed by atoms with Crippen LogP contribution in [0.3, 0.4) is 0 Å². The van der Waals surface area contributed by atoms with Gasteiger partial charge in [-0.15, -0.1) is 0 Å². The number of nitrogens with two attached hydrogens (primary N) is 1. The van der Waals surface area contributed by atoms with Gasteiger partial charge in [0.15, 0.2) is 0 Å². The lowest BCUT2D eigenvalue weighted by Crippen LogP contribution is -2.55. The smallest absolute Gasteiger partial charge is 0.326 e. The molecule has 0 bridgehead atoms. The molecule has 1 aliphatic rings. The van der Waals surface area contributed by atoms with E-state index in [1.807, 2.05) is 0 Å². The van der Waals surface area contributed by atoms with E-state index < -0.39 is 17.4 Å². The number of carbonyl (C=O) groups is 2. The maximum absolute atomic E-state index is 11.9. The number of carbonyl (C=O) groups excluding carboxylic acids is 1. The summed E-state index contributed by atoms with van der Waals surface area (Å²) in [7, 11) is 0. The van der Waals surface area contributed by atoms with E-state index in [1.54, 1.807) is 13.8 Å².